The van der Waals surface area contributed by atoms with Crippen LogP contribution in [0.4, 0.5) is 0 Å². The summed E-state index contributed by atoms with van der Waals surface area (Å²) in [6.45, 7) is 0.455. The summed E-state index contributed by atoms with van der Waals surface area (Å²) in [5, 5.41) is 8.22. The van der Waals surface area contributed by atoms with Crippen LogP contribution < -0.4 is 10.2 Å². The molecule has 2 heterocycles. The molecule has 0 fully saturated rings. The molecule has 8 nitrogen and oxygen atoms in total. The van der Waals surface area contributed by atoms with E-state index >= 15 is 0 Å². The summed E-state index contributed by atoms with van der Waals surface area (Å²) in [5.41, 5.74) is 4.61. The highest BCUT2D eigenvalue weighted by Gasteiger charge is 2.12. The Labute approximate surface area is 191 Å². The first-order valence-electron chi connectivity index (χ1n) is 9.54. The highest BCUT2D eigenvalue weighted by Crippen LogP contribution is 2.15. The third-order valence-electron chi connectivity index (χ3n) is 4.36. The number of hydrogen-bond donors (Lipinski definition) is 1. The van der Waals surface area contributed by atoms with E-state index in [-0.39, 0.29) is 11.7 Å². The summed E-state index contributed by atoms with van der Waals surface area (Å²) in [6, 6.07) is 19.2. The number of rotatable bonds is 7. The van der Waals surface area contributed by atoms with Crippen molar-refractivity contribution >= 4 is 34.0 Å². The number of esters is 1. The van der Waals surface area contributed by atoms with Gasteiger partial charge >= 0.3 is 5.97 Å². The number of nitrogens with one attached hydrogen (secondary N) is 1. The minimum absolute atomic E-state index is 0.123. The lowest BCUT2D eigenvalue weighted by Crippen LogP contribution is -2.22. The van der Waals surface area contributed by atoms with Gasteiger partial charge in [0.1, 0.15) is 11.4 Å². The molecule has 0 unspecified atom stereocenters. The molecule has 4 aromatic rings. The summed E-state index contributed by atoms with van der Waals surface area (Å²) in [7, 11) is 0. The van der Waals surface area contributed by atoms with Gasteiger partial charge in [0.15, 0.2) is 0 Å². The molecular weight excluding hydrogens is 476 g/mol. The first kappa shape index (κ1) is 21.3. The fraction of sp³-hybridized carbons (Fsp3) is 0.0435. The Kier molecular flexibility index (Phi) is 6.57. The fourth-order valence-corrected chi connectivity index (χ4v) is 3.30. The lowest BCUT2D eigenvalue weighted by Gasteiger charge is -2.07. The van der Waals surface area contributed by atoms with Crippen molar-refractivity contribution in [3.05, 3.63) is 106 Å². The van der Waals surface area contributed by atoms with Crippen LogP contribution in [0.1, 0.15) is 32.2 Å². The molecule has 0 spiro atoms. The maximum atomic E-state index is 12.5. The Hall–Kier alpha value is -3.98. The molecule has 0 atom stereocenters. The molecule has 2 aromatic heterocycles. The smallest absolute Gasteiger partial charge is 0.379 e. The Balaban J connectivity index is 1.34. The van der Waals surface area contributed by atoms with E-state index in [4.69, 9.17) is 9.15 Å². The first-order chi connectivity index (χ1) is 15.6. The van der Waals surface area contributed by atoms with Crippen molar-refractivity contribution in [1.82, 2.24) is 15.2 Å². The van der Waals surface area contributed by atoms with Crippen LogP contribution >= 0.6 is 15.9 Å². The molecule has 1 N–H and O–H groups in total. The molecule has 32 heavy (non-hydrogen) atoms. The van der Waals surface area contributed by atoms with E-state index in [1.807, 2.05) is 24.3 Å². The molecule has 160 valence electrons. The number of halogens is 1. The third kappa shape index (κ3) is 5.38. The molecule has 0 saturated carbocycles. The van der Waals surface area contributed by atoms with Crippen LogP contribution in [0.25, 0.3) is 0 Å². The monoisotopic (exact) mass is 492 g/mol. The van der Waals surface area contributed by atoms with Gasteiger partial charge in [0.05, 0.1) is 19.0 Å². The van der Waals surface area contributed by atoms with Crippen LogP contribution in [0.2, 0.25) is 0 Å². The molecule has 0 radical (unpaired) electrons. The second-order valence-corrected chi connectivity index (χ2v) is 7.55. The number of carbonyl (C=O) groups is 2. The number of hydrogen-bond acceptors (Lipinski definition) is 6. The molecule has 0 aliphatic carbocycles. The molecular formula is C23H17BrN4O4. The zero-order chi connectivity index (χ0) is 22.3. The summed E-state index contributed by atoms with van der Waals surface area (Å²) < 4.78 is 12.8. The van der Waals surface area contributed by atoms with Crippen molar-refractivity contribution in [2.75, 3.05) is 0 Å². The molecule has 2 aromatic carbocycles. The zero-order valence-corrected chi connectivity index (χ0v) is 18.2. The van der Waals surface area contributed by atoms with Crippen LogP contribution in [0.15, 0.2) is 93.2 Å². The van der Waals surface area contributed by atoms with E-state index in [0.717, 1.165) is 10.0 Å². The Morgan fingerprint density at radius 1 is 1.12 bits per heavy atom. The maximum absolute atomic E-state index is 12.5. The molecule has 0 aliphatic rings. The number of amides is 1. The highest BCUT2D eigenvalue weighted by molar-refractivity contribution is 9.10. The zero-order valence-electron chi connectivity index (χ0n) is 16.6. The molecule has 0 aliphatic heterocycles. The summed E-state index contributed by atoms with van der Waals surface area (Å²) in [6.07, 6.45) is 4.46. The lowest BCUT2D eigenvalue weighted by atomic mass is 10.2. The van der Waals surface area contributed by atoms with Gasteiger partial charge in [-0.05, 0) is 65.7 Å². The van der Waals surface area contributed by atoms with Crippen LogP contribution in [-0.4, -0.2) is 27.9 Å². The first-order valence-corrected chi connectivity index (χ1v) is 10.3. The standard InChI is InChI=1S/C23H17BrN4O4/c24-18-4-1-3-17(13-18)15-28-20(10-11-26-28)22(29)27-25-14-16-6-8-19(9-7-16)32-23(30)21-5-2-12-31-21/h1-14H,15H2,(H,27,29)/b25-14+. The Morgan fingerprint density at radius 3 is 2.72 bits per heavy atom. The predicted octanol–water partition coefficient (Wildman–Crippen LogP) is 4.27. The van der Waals surface area contributed by atoms with Gasteiger partial charge in [-0.25, -0.2) is 10.2 Å². The van der Waals surface area contributed by atoms with E-state index in [0.29, 0.717) is 23.6 Å². The number of furan rings is 1. The van der Waals surface area contributed by atoms with E-state index in [9.17, 15) is 9.59 Å². The third-order valence-corrected chi connectivity index (χ3v) is 4.86. The number of aromatic nitrogens is 2. The molecule has 0 bridgehead atoms. The van der Waals surface area contributed by atoms with Crippen LogP contribution in [0.5, 0.6) is 5.75 Å². The van der Waals surface area contributed by atoms with Gasteiger partial charge in [-0.15, -0.1) is 0 Å². The average Bonchev–Trinajstić information content (AvgIpc) is 3.47. The predicted molar refractivity (Wildman–Crippen MR) is 121 cm³/mol. The highest BCUT2D eigenvalue weighted by atomic mass is 79.9. The molecule has 4 rings (SSSR count). The van der Waals surface area contributed by atoms with E-state index in [2.05, 4.69) is 31.6 Å². The lowest BCUT2D eigenvalue weighted by molar-refractivity contribution is 0.0701. The van der Waals surface area contributed by atoms with Crippen molar-refractivity contribution in [1.29, 1.82) is 0 Å². The second kappa shape index (κ2) is 9.88. The molecule has 1 amide bonds. The SMILES string of the molecule is O=C(Oc1ccc(/C=N/NC(=O)c2ccnn2Cc2cccc(Br)c2)cc1)c1ccco1. The van der Waals surface area contributed by atoms with Crippen molar-refractivity contribution < 1.29 is 18.7 Å². The van der Waals surface area contributed by atoms with Crippen molar-refractivity contribution in [2.45, 2.75) is 6.54 Å². The van der Waals surface area contributed by atoms with Crippen molar-refractivity contribution in [3.8, 4) is 5.75 Å². The van der Waals surface area contributed by atoms with Crippen LogP contribution in [0, 0.1) is 0 Å². The van der Waals surface area contributed by atoms with Gasteiger partial charge in [0.25, 0.3) is 5.91 Å². The Bertz CT molecular complexity index is 1250. The number of nitrogens with zero attached hydrogens (tertiary/aromatic N) is 3. The number of hydrazone groups is 1. The van der Waals surface area contributed by atoms with Gasteiger partial charge in [-0.3, -0.25) is 9.48 Å². The van der Waals surface area contributed by atoms with Gasteiger partial charge in [0.2, 0.25) is 5.76 Å². The molecule has 0 saturated heterocycles. The maximum Gasteiger partial charge on any atom is 0.379 e. The van der Waals surface area contributed by atoms with E-state index in [1.54, 1.807) is 47.3 Å². The summed E-state index contributed by atoms with van der Waals surface area (Å²) in [5.74, 6) is -0.470. The molecule has 9 heteroatoms. The summed E-state index contributed by atoms with van der Waals surface area (Å²) >= 11 is 3.44. The van der Waals surface area contributed by atoms with Gasteiger partial charge in [-0.1, -0.05) is 28.1 Å². The quantitative estimate of drug-likeness (QED) is 0.180. The van der Waals surface area contributed by atoms with Crippen LogP contribution in [0.3, 0.4) is 0 Å². The van der Waals surface area contributed by atoms with Gasteiger partial charge < -0.3 is 9.15 Å². The number of benzene rings is 2. The fourth-order valence-electron chi connectivity index (χ4n) is 2.86. The Morgan fingerprint density at radius 2 is 1.97 bits per heavy atom. The topological polar surface area (TPSA) is 98.7 Å². The van der Waals surface area contributed by atoms with Crippen LogP contribution in [-0.2, 0) is 6.54 Å². The normalized spacial score (nSPS) is 10.9. The van der Waals surface area contributed by atoms with Crippen molar-refractivity contribution in [2.24, 2.45) is 5.10 Å². The van der Waals surface area contributed by atoms with Crippen molar-refractivity contribution in [3.63, 3.8) is 0 Å². The minimum Gasteiger partial charge on any atom is -0.457 e. The van der Waals surface area contributed by atoms with Gasteiger partial charge in [0, 0.05) is 10.7 Å². The summed E-state index contributed by atoms with van der Waals surface area (Å²) in [4.78, 5) is 24.4. The number of carbonyl (C=O) groups excluding carboxylic acids is 2. The van der Waals surface area contributed by atoms with E-state index in [1.165, 1.54) is 18.5 Å². The largest absolute Gasteiger partial charge is 0.457 e. The van der Waals surface area contributed by atoms with E-state index < -0.39 is 5.97 Å². The second-order valence-electron chi connectivity index (χ2n) is 6.64. The average molecular weight is 493 g/mol. The van der Waals surface area contributed by atoms with Gasteiger partial charge in [-0.2, -0.15) is 10.2 Å². The number of ether oxygens (including phenoxy) is 1. The minimum atomic E-state index is -0.580.